The van der Waals surface area contributed by atoms with E-state index in [9.17, 15) is 43.5 Å². The van der Waals surface area contributed by atoms with Crippen LogP contribution in [0.1, 0.15) is 84.3 Å². The fourth-order valence-corrected chi connectivity index (χ4v) is 6.95. The van der Waals surface area contributed by atoms with Crippen LogP contribution in [0.15, 0.2) is 60.8 Å². The second-order valence-corrected chi connectivity index (χ2v) is 16.8. The molecular formula is C45H66N10O9. The molecule has 3 aromatic rings. The molecular weight excluding hydrogens is 825 g/mol. The number of para-hydroxylation sites is 1. The molecule has 3 rings (SSSR count). The average Bonchev–Trinajstić information content (AvgIpc) is 3.65. The molecule has 0 radical (unpaired) electrons. The number of rotatable bonds is 27. The van der Waals surface area contributed by atoms with Gasteiger partial charge in [0.1, 0.15) is 36.3 Å². The number of hydrogen-bond acceptors (Lipinski definition) is 10. The van der Waals surface area contributed by atoms with Crippen molar-refractivity contribution >= 4 is 58.2 Å². The summed E-state index contributed by atoms with van der Waals surface area (Å²) in [6.45, 7) is 8.81. The minimum Gasteiger partial charge on any atom is -0.480 e. The number of carboxylic acids is 1. The quantitative estimate of drug-likeness (QED) is 0.0465. The second-order valence-electron chi connectivity index (χ2n) is 16.8. The molecule has 14 N–H and O–H groups in total. The lowest BCUT2D eigenvalue weighted by Gasteiger charge is -2.29. The molecule has 0 bridgehead atoms. The standard InChI is InChI=1S/C45H66N10O9/c1-25(2)21-36(45(63)64)54-42(60)35(23-29-24-49-32-17-10-9-15-30(29)32)53-41(59)33(18-19-37(48)56)51-44(62)38(26(3)4)55-43(61)34(22-28-13-7-6-8-14-28)52-39(57)27(5)50-40(58)31(47)16-11-12-20-46/h6-10,13-15,17,24-27,31,33-36,38,49H,11-12,16,18-23,46-47H2,1-5H3,(H2,48,56)(H,50,58)(H,51,62)(H,52,57)(H,53,59)(H,54,60)(H,55,61)(H,63,64)/t27-,31-,33-,34-,35-,36-,38-/m0/s1. The third kappa shape index (κ3) is 16.7. The number of amides is 7. The van der Waals surface area contributed by atoms with Crippen LogP contribution in [0.4, 0.5) is 0 Å². The van der Waals surface area contributed by atoms with Gasteiger partial charge in [-0.05, 0) is 68.2 Å². The highest BCUT2D eigenvalue weighted by Crippen LogP contribution is 2.20. The van der Waals surface area contributed by atoms with Crippen LogP contribution in [0, 0.1) is 11.8 Å². The molecule has 1 aromatic heterocycles. The summed E-state index contributed by atoms with van der Waals surface area (Å²) in [6.07, 6.45) is 2.78. The maximum absolute atomic E-state index is 14.1. The maximum Gasteiger partial charge on any atom is 0.326 e. The van der Waals surface area contributed by atoms with Gasteiger partial charge in [0.2, 0.25) is 41.4 Å². The van der Waals surface area contributed by atoms with E-state index in [0.29, 0.717) is 36.9 Å². The van der Waals surface area contributed by atoms with Crippen molar-refractivity contribution in [3.8, 4) is 0 Å². The van der Waals surface area contributed by atoms with E-state index in [1.165, 1.54) is 6.92 Å². The smallest absolute Gasteiger partial charge is 0.326 e. The zero-order valence-corrected chi connectivity index (χ0v) is 37.3. The van der Waals surface area contributed by atoms with E-state index in [1.807, 2.05) is 18.2 Å². The van der Waals surface area contributed by atoms with Crippen molar-refractivity contribution in [2.45, 2.75) is 128 Å². The summed E-state index contributed by atoms with van der Waals surface area (Å²) in [5.74, 6) is -7.15. The van der Waals surface area contributed by atoms with Gasteiger partial charge in [0, 0.05) is 36.4 Å². The second kappa shape index (κ2) is 25.7. The number of benzene rings is 2. The Labute approximate surface area is 373 Å². The lowest BCUT2D eigenvalue weighted by Crippen LogP contribution is -2.61. The Morgan fingerprint density at radius 1 is 0.641 bits per heavy atom. The van der Waals surface area contributed by atoms with Crippen LogP contribution >= 0.6 is 0 Å². The van der Waals surface area contributed by atoms with Gasteiger partial charge < -0.3 is 59.2 Å². The Bertz CT molecular complexity index is 2060. The molecule has 19 nitrogen and oxygen atoms in total. The molecule has 0 aliphatic rings. The number of aromatic nitrogens is 1. The van der Waals surface area contributed by atoms with Crippen LogP contribution in [0.5, 0.6) is 0 Å². The zero-order valence-electron chi connectivity index (χ0n) is 37.3. The Kier molecular flexibility index (Phi) is 20.9. The van der Waals surface area contributed by atoms with Gasteiger partial charge in [-0.1, -0.05) is 82.6 Å². The van der Waals surface area contributed by atoms with Crippen molar-refractivity contribution < 1.29 is 43.5 Å². The lowest BCUT2D eigenvalue weighted by molar-refractivity contribution is -0.142. The Balaban J connectivity index is 1.87. The molecule has 7 amide bonds. The van der Waals surface area contributed by atoms with Crippen molar-refractivity contribution in [3.63, 3.8) is 0 Å². The number of unbranched alkanes of at least 4 members (excludes halogenated alkanes) is 1. The van der Waals surface area contributed by atoms with Gasteiger partial charge in [-0.3, -0.25) is 33.6 Å². The first kappa shape index (κ1) is 52.0. The van der Waals surface area contributed by atoms with E-state index in [0.717, 1.165) is 10.9 Å². The van der Waals surface area contributed by atoms with Crippen molar-refractivity contribution in [2.75, 3.05) is 6.54 Å². The van der Waals surface area contributed by atoms with Crippen molar-refractivity contribution in [1.29, 1.82) is 0 Å². The van der Waals surface area contributed by atoms with Crippen molar-refractivity contribution in [1.82, 2.24) is 36.9 Å². The largest absolute Gasteiger partial charge is 0.480 e. The number of carbonyl (C=O) groups is 8. The molecule has 0 saturated heterocycles. The van der Waals surface area contributed by atoms with Gasteiger partial charge in [-0.15, -0.1) is 0 Å². The number of aliphatic carboxylic acids is 1. The molecule has 0 aliphatic heterocycles. The SMILES string of the molecule is CC(C)C[C@H](NC(=O)[C@H](Cc1c[nH]c2ccccc12)NC(=O)[C@H](CCC(N)=O)NC(=O)[C@@H](NC(=O)[C@H](Cc1ccccc1)NC(=O)[C@H](C)NC(=O)[C@@H](N)CCCCN)C(C)C)C(=O)O. The highest BCUT2D eigenvalue weighted by molar-refractivity contribution is 5.97. The van der Waals surface area contributed by atoms with Crippen molar-refractivity contribution in [2.24, 2.45) is 29.0 Å². The van der Waals surface area contributed by atoms with Gasteiger partial charge in [-0.25, -0.2) is 4.79 Å². The molecule has 0 saturated carbocycles. The summed E-state index contributed by atoms with van der Waals surface area (Å²) in [4.78, 5) is 109. The maximum atomic E-state index is 14.1. The summed E-state index contributed by atoms with van der Waals surface area (Å²) in [7, 11) is 0. The monoisotopic (exact) mass is 891 g/mol. The minimum absolute atomic E-state index is 0.00748. The highest BCUT2D eigenvalue weighted by atomic mass is 16.4. The molecule has 1 heterocycles. The van der Waals surface area contributed by atoms with Gasteiger partial charge >= 0.3 is 5.97 Å². The van der Waals surface area contributed by atoms with Gasteiger partial charge in [-0.2, -0.15) is 0 Å². The van der Waals surface area contributed by atoms with Gasteiger partial charge in [0.25, 0.3) is 0 Å². The molecule has 350 valence electrons. The van der Waals surface area contributed by atoms with Crippen LogP contribution in [0.25, 0.3) is 10.9 Å². The summed E-state index contributed by atoms with van der Waals surface area (Å²) in [5, 5.41) is 26.4. The van der Waals surface area contributed by atoms with Crippen LogP contribution in [0.3, 0.4) is 0 Å². The van der Waals surface area contributed by atoms with E-state index in [2.05, 4.69) is 36.9 Å². The minimum atomic E-state index is -1.45. The predicted molar refractivity (Wildman–Crippen MR) is 241 cm³/mol. The van der Waals surface area contributed by atoms with E-state index in [-0.39, 0.29) is 38.0 Å². The number of hydrogen-bond donors (Lipinski definition) is 11. The van der Waals surface area contributed by atoms with Crippen LogP contribution < -0.4 is 49.1 Å². The fourth-order valence-electron chi connectivity index (χ4n) is 6.95. The van der Waals surface area contributed by atoms with E-state index >= 15 is 0 Å². The summed E-state index contributed by atoms with van der Waals surface area (Å²) in [5.41, 5.74) is 19.1. The topological polar surface area (TPSA) is 323 Å². The molecule has 0 unspecified atom stereocenters. The van der Waals surface area contributed by atoms with E-state index < -0.39 is 95.5 Å². The van der Waals surface area contributed by atoms with Crippen molar-refractivity contribution in [3.05, 3.63) is 71.9 Å². The van der Waals surface area contributed by atoms with E-state index in [4.69, 9.17) is 17.2 Å². The first-order chi connectivity index (χ1) is 30.3. The number of carbonyl (C=O) groups excluding carboxylic acids is 7. The number of aromatic amines is 1. The number of primary amides is 1. The first-order valence-electron chi connectivity index (χ1n) is 21.7. The fraction of sp³-hybridized carbons (Fsp3) is 0.511. The number of nitrogens with two attached hydrogens (primary N) is 3. The van der Waals surface area contributed by atoms with Crippen LogP contribution in [0.2, 0.25) is 0 Å². The molecule has 0 aliphatic carbocycles. The number of H-pyrrole nitrogens is 1. The molecule has 0 spiro atoms. The normalized spacial score (nSPS) is 14.6. The van der Waals surface area contributed by atoms with Gasteiger partial charge in [0.15, 0.2) is 0 Å². The zero-order chi connectivity index (χ0) is 47.5. The van der Waals surface area contributed by atoms with Crippen LogP contribution in [-0.4, -0.2) is 106 Å². The number of carboxylic acid groups (broad SMARTS) is 1. The Hall–Kier alpha value is -6.34. The lowest BCUT2D eigenvalue weighted by atomic mass is 9.99. The summed E-state index contributed by atoms with van der Waals surface area (Å²) < 4.78 is 0. The molecule has 7 atom stereocenters. The highest BCUT2D eigenvalue weighted by Gasteiger charge is 2.35. The molecule has 64 heavy (non-hydrogen) atoms. The van der Waals surface area contributed by atoms with Gasteiger partial charge in [0.05, 0.1) is 6.04 Å². The third-order valence-corrected chi connectivity index (χ3v) is 10.6. The average molecular weight is 891 g/mol. The molecule has 19 heteroatoms. The van der Waals surface area contributed by atoms with Crippen LogP contribution in [-0.2, 0) is 51.2 Å². The first-order valence-corrected chi connectivity index (χ1v) is 21.7. The Morgan fingerprint density at radius 2 is 1.22 bits per heavy atom. The molecule has 0 fully saturated rings. The number of nitrogens with one attached hydrogen (secondary N) is 7. The number of fused-ring (bicyclic) bond motifs is 1. The predicted octanol–water partition coefficient (Wildman–Crippen LogP) is 0.390. The van der Waals surface area contributed by atoms with E-state index in [1.54, 1.807) is 70.3 Å². The summed E-state index contributed by atoms with van der Waals surface area (Å²) >= 11 is 0. The molecule has 2 aromatic carbocycles. The summed E-state index contributed by atoms with van der Waals surface area (Å²) in [6, 6.07) is 7.57. The third-order valence-electron chi connectivity index (χ3n) is 10.6. The Morgan fingerprint density at radius 3 is 1.84 bits per heavy atom.